The number of nitrogens with one attached hydrogen (secondary N) is 1. The van der Waals surface area contributed by atoms with Gasteiger partial charge in [-0.2, -0.15) is 8.78 Å². The molecule has 0 radical (unpaired) electrons. The van der Waals surface area contributed by atoms with E-state index in [2.05, 4.69) is 15.0 Å². The smallest absolute Gasteiger partial charge is 0.345 e. The predicted octanol–water partition coefficient (Wildman–Crippen LogP) is 4.94. The van der Waals surface area contributed by atoms with Crippen LogP contribution in [0.3, 0.4) is 0 Å². The molecule has 40 heavy (non-hydrogen) atoms. The fourth-order valence-electron chi connectivity index (χ4n) is 4.63. The summed E-state index contributed by atoms with van der Waals surface area (Å²) in [5.74, 6) is 0.328. The molecule has 1 aliphatic heterocycles. The topological polar surface area (TPSA) is 97.8 Å². The molecule has 2 aromatic carbocycles. The molecule has 2 heterocycles. The molecule has 1 saturated heterocycles. The first-order valence-electron chi connectivity index (χ1n) is 13.0. The minimum absolute atomic E-state index is 0.0178. The monoisotopic (exact) mass is 573 g/mol. The molecule has 0 aliphatic carbocycles. The molecule has 1 amide bonds. The Kier molecular flexibility index (Phi) is 9.36. The standard InChI is InChI=1S/C29H33F2N3O5S/c1-4-40(36,37)27-13-8-21(9-14-27)20(3)33-28(35)22-6-10-23(11-7-22)34-17-26(15-24(34)18-38-29(30)31)39-25-12-5-19(2)32-16-25/h5-14,16,20,24,26,29H,4,15,17-18H2,1-3H3,(H,33,35)/t20-,24-,26-/m0/s1. The summed E-state index contributed by atoms with van der Waals surface area (Å²) in [6.45, 7) is 2.70. The highest BCUT2D eigenvalue weighted by molar-refractivity contribution is 7.91. The minimum Gasteiger partial charge on any atom is -0.487 e. The van der Waals surface area contributed by atoms with Crippen molar-refractivity contribution < 1.29 is 31.5 Å². The summed E-state index contributed by atoms with van der Waals surface area (Å²) in [4.78, 5) is 19.3. The van der Waals surface area contributed by atoms with Crippen LogP contribution >= 0.6 is 0 Å². The summed E-state index contributed by atoms with van der Waals surface area (Å²) in [6.07, 6.45) is 1.87. The third kappa shape index (κ3) is 7.33. The average molecular weight is 574 g/mol. The van der Waals surface area contributed by atoms with Crippen LogP contribution in [0.5, 0.6) is 5.75 Å². The lowest BCUT2D eigenvalue weighted by Crippen LogP contribution is -2.34. The molecule has 3 atom stereocenters. The Morgan fingerprint density at radius 3 is 2.40 bits per heavy atom. The molecule has 1 fully saturated rings. The van der Waals surface area contributed by atoms with Crippen LogP contribution in [0.15, 0.2) is 71.8 Å². The molecule has 4 rings (SSSR count). The normalized spacial score (nSPS) is 18.1. The maximum atomic E-state index is 12.9. The number of carbonyl (C=O) groups is 1. The van der Waals surface area contributed by atoms with Gasteiger partial charge in [-0.15, -0.1) is 0 Å². The van der Waals surface area contributed by atoms with Crippen molar-refractivity contribution in [3.8, 4) is 5.75 Å². The van der Waals surface area contributed by atoms with Crippen molar-refractivity contribution in [3.05, 3.63) is 83.7 Å². The number of carbonyl (C=O) groups excluding carboxylic acids is 1. The molecule has 0 spiro atoms. The van der Waals surface area contributed by atoms with Crippen LogP contribution in [0.4, 0.5) is 14.5 Å². The predicted molar refractivity (Wildman–Crippen MR) is 148 cm³/mol. The maximum absolute atomic E-state index is 12.9. The van der Waals surface area contributed by atoms with Crippen molar-refractivity contribution in [2.24, 2.45) is 0 Å². The lowest BCUT2D eigenvalue weighted by molar-refractivity contribution is -0.131. The number of alkyl halides is 2. The van der Waals surface area contributed by atoms with Crippen molar-refractivity contribution in [1.82, 2.24) is 10.3 Å². The second-order valence-corrected chi connectivity index (χ2v) is 12.0. The summed E-state index contributed by atoms with van der Waals surface area (Å²) in [7, 11) is -3.30. The zero-order valence-electron chi connectivity index (χ0n) is 22.6. The zero-order valence-corrected chi connectivity index (χ0v) is 23.4. The number of sulfone groups is 1. The van der Waals surface area contributed by atoms with Gasteiger partial charge in [-0.3, -0.25) is 9.78 Å². The van der Waals surface area contributed by atoms with E-state index >= 15 is 0 Å². The number of amides is 1. The van der Waals surface area contributed by atoms with Crippen molar-refractivity contribution >= 4 is 21.4 Å². The Balaban J connectivity index is 1.42. The van der Waals surface area contributed by atoms with Gasteiger partial charge in [0.25, 0.3) is 5.91 Å². The molecular formula is C29H33F2N3O5S. The van der Waals surface area contributed by atoms with Gasteiger partial charge in [-0.05, 0) is 67.9 Å². The summed E-state index contributed by atoms with van der Waals surface area (Å²) < 4.78 is 60.4. The molecular weight excluding hydrogens is 540 g/mol. The van der Waals surface area contributed by atoms with Gasteiger partial charge in [0, 0.05) is 23.4 Å². The summed E-state index contributed by atoms with van der Waals surface area (Å²) >= 11 is 0. The number of pyridine rings is 1. The highest BCUT2D eigenvalue weighted by Crippen LogP contribution is 2.29. The minimum atomic E-state index is -3.30. The molecule has 214 valence electrons. The number of aryl methyl sites for hydroxylation is 1. The van der Waals surface area contributed by atoms with E-state index in [0.29, 0.717) is 24.3 Å². The molecule has 1 aliphatic rings. The third-order valence-corrected chi connectivity index (χ3v) is 8.66. The van der Waals surface area contributed by atoms with Crippen molar-refractivity contribution in [2.75, 3.05) is 23.8 Å². The van der Waals surface area contributed by atoms with E-state index in [0.717, 1.165) is 16.9 Å². The van der Waals surface area contributed by atoms with E-state index in [1.165, 1.54) is 0 Å². The number of ether oxygens (including phenoxy) is 2. The van der Waals surface area contributed by atoms with Crippen molar-refractivity contribution in [3.63, 3.8) is 0 Å². The second kappa shape index (κ2) is 12.7. The zero-order chi connectivity index (χ0) is 28.9. The van der Waals surface area contributed by atoms with Crippen LogP contribution < -0.4 is 15.0 Å². The van der Waals surface area contributed by atoms with Crippen molar-refractivity contribution in [2.45, 2.75) is 56.9 Å². The Morgan fingerprint density at radius 1 is 1.10 bits per heavy atom. The molecule has 3 aromatic rings. The largest absolute Gasteiger partial charge is 0.487 e. The fraction of sp³-hybridized carbons (Fsp3) is 0.379. The highest BCUT2D eigenvalue weighted by Gasteiger charge is 2.34. The number of rotatable bonds is 11. The molecule has 1 N–H and O–H groups in total. The molecule has 1 aromatic heterocycles. The highest BCUT2D eigenvalue weighted by atomic mass is 32.2. The van der Waals surface area contributed by atoms with E-state index in [-0.39, 0.29) is 41.4 Å². The van der Waals surface area contributed by atoms with Crippen LogP contribution in [-0.4, -0.2) is 57.0 Å². The van der Waals surface area contributed by atoms with Crippen LogP contribution in [0, 0.1) is 6.92 Å². The summed E-state index contributed by atoms with van der Waals surface area (Å²) in [5, 5.41) is 2.92. The van der Waals surface area contributed by atoms with E-state index in [4.69, 9.17) is 4.74 Å². The lowest BCUT2D eigenvalue weighted by Gasteiger charge is -2.26. The lowest BCUT2D eigenvalue weighted by atomic mass is 10.1. The Morgan fingerprint density at radius 2 is 1.80 bits per heavy atom. The van der Waals surface area contributed by atoms with Gasteiger partial charge < -0.3 is 19.7 Å². The van der Waals surface area contributed by atoms with Gasteiger partial charge in [0.05, 0.1) is 42.1 Å². The van der Waals surface area contributed by atoms with E-state index in [9.17, 15) is 22.0 Å². The average Bonchev–Trinajstić information content (AvgIpc) is 3.35. The van der Waals surface area contributed by atoms with Gasteiger partial charge >= 0.3 is 6.61 Å². The van der Waals surface area contributed by atoms with Crippen LogP contribution in [0.2, 0.25) is 0 Å². The Bertz CT molecular complexity index is 1380. The number of nitrogens with zero attached hydrogens (tertiary/aromatic N) is 2. The van der Waals surface area contributed by atoms with Gasteiger partial charge in [-0.25, -0.2) is 8.42 Å². The second-order valence-electron chi connectivity index (χ2n) is 9.73. The summed E-state index contributed by atoms with van der Waals surface area (Å²) in [6, 6.07) is 16.4. The molecule has 0 unspecified atom stereocenters. The number of hydrogen-bond donors (Lipinski definition) is 1. The number of halogens is 2. The third-order valence-electron chi connectivity index (χ3n) is 6.91. The van der Waals surface area contributed by atoms with E-state index in [1.54, 1.807) is 61.7 Å². The Hall–Kier alpha value is -3.57. The van der Waals surface area contributed by atoms with Gasteiger partial charge in [0.1, 0.15) is 11.9 Å². The molecule has 0 saturated carbocycles. The SMILES string of the molecule is CCS(=O)(=O)c1ccc([C@H](C)NC(=O)c2ccc(N3C[C@@H](Oc4ccc(C)nc4)C[C@H]3COC(F)F)cc2)cc1. The molecule has 8 nitrogen and oxygen atoms in total. The number of hydrogen-bond acceptors (Lipinski definition) is 7. The van der Waals surface area contributed by atoms with E-state index in [1.807, 2.05) is 30.9 Å². The number of benzene rings is 2. The van der Waals surface area contributed by atoms with Crippen LogP contribution in [0.25, 0.3) is 0 Å². The van der Waals surface area contributed by atoms with Crippen LogP contribution in [-0.2, 0) is 14.6 Å². The number of aromatic nitrogens is 1. The molecule has 0 bridgehead atoms. The van der Waals surface area contributed by atoms with Gasteiger partial charge in [0.2, 0.25) is 0 Å². The Labute approximate surface area is 233 Å². The fourth-order valence-corrected chi connectivity index (χ4v) is 5.52. The van der Waals surface area contributed by atoms with Gasteiger partial charge in [-0.1, -0.05) is 19.1 Å². The molecule has 11 heteroatoms. The van der Waals surface area contributed by atoms with Crippen molar-refractivity contribution in [1.29, 1.82) is 0 Å². The number of anilines is 1. The first-order chi connectivity index (χ1) is 19.1. The van der Waals surface area contributed by atoms with Gasteiger partial charge in [0.15, 0.2) is 9.84 Å². The summed E-state index contributed by atoms with van der Waals surface area (Å²) in [5.41, 5.74) is 2.82. The quantitative estimate of drug-likeness (QED) is 0.347. The maximum Gasteiger partial charge on any atom is 0.345 e. The van der Waals surface area contributed by atoms with Crippen LogP contribution in [0.1, 0.15) is 47.9 Å². The first kappa shape index (κ1) is 29.4. The first-order valence-corrected chi connectivity index (χ1v) is 14.7. The van der Waals surface area contributed by atoms with E-state index < -0.39 is 16.4 Å².